The summed E-state index contributed by atoms with van der Waals surface area (Å²) in [6.45, 7) is 0.664. The van der Waals surface area contributed by atoms with Crippen molar-refractivity contribution in [2.75, 3.05) is 20.8 Å². The second-order valence-corrected chi connectivity index (χ2v) is 9.07. The van der Waals surface area contributed by atoms with Crippen LogP contribution in [0.4, 0.5) is 0 Å². The molecule has 0 saturated heterocycles. The van der Waals surface area contributed by atoms with Gasteiger partial charge in [0.1, 0.15) is 18.1 Å². The minimum atomic E-state index is -0.607. The molecule has 33 heavy (non-hydrogen) atoms. The molecule has 1 aliphatic heterocycles. The predicted molar refractivity (Wildman–Crippen MR) is 122 cm³/mol. The first-order chi connectivity index (χ1) is 16.1. The van der Waals surface area contributed by atoms with Crippen LogP contribution in [-0.2, 0) is 16.1 Å². The van der Waals surface area contributed by atoms with Crippen LogP contribution in [0.1, 0.15) is 54.4 Å². The summed E-state index contributed by atoms with van der Waals surface area (Å²) in [5.41, 5.74) is 2.65. The number of benzene rings is 2. The summed E-state index contributed by atoms with van der Waals surface area (Å²) in [4.78, 5) is 25.1. The lowest BCUT2D eigenvalue weighted by Crippen LogP contribution is -2.29. The van der Waals surface area contributed by atoms with Crippen molar-refractivity contribution >= 4 is 11.9 Å². The van der Waals surface area contributed by atoms with Crippen molar-refractivity contribution in [3.63, 3.8) is 0 Å². The molecule has 7 nitrogen and oxygen atoms in total. The quantitative estimate of drug-likeness (QED) is 0.604. The molecular formula is C26H29NO6. The van der Waals surface area contributed by atoms with Gasteiger partial charge in [-0.1, -0.05) is 12.1 Å². The zero-order valence-electron chi connectivity index (χ0n) is 19.1. The van der Waals surface area contributed by atoms with E-state index in [4.69, 9.17) is 18.9 Å². The van der Waals surface area contributed by atoms with Crippen LogP contribution in [0.5, 0.6) is 17.2 Å². The van der Waals surface area contributed by atoms with Gasteiger partial charge in [-0.3, -0.25) is 9.59 Å². The Hall–Kier alpha value is -3.22. The minimum Gasteiger partial charge on any atom is -0.493 e. The fourth-order valence-electron chi connectivity index (χ4n) is 4.81. The van der Waals surface area contributed by atoms with Crippen LogP contribution in [0.2, 0.25) is 0 Å². The van der Waals surface area contributed by atoms with E-state index in [0.717, 1.165) is 55.2 Å². The van der Waals surface area contributed by atoms with E-state index in [1.54, 1.807) is 14.2 Å². The molecule has 2 aromatic carbocycles. The highest BCUT2D eigenvalue weighted by molar-refractivity contribution is 6.01. The van der Waals surface area contributed by atoms with E-state index in [1.807, 2.05) is 30.3 Å². The first kappa shape index (κ1) is 21.6. The lowest BCUT2D eigenvalue weighted by Gasteiger charge is -2.22. The molecule has 1 heterocycles. The zero-order valence-corrected chi connectivity index (χ0v) is 19.1. The molecule has 7 heteroatoms. The molecule has 2 fully saturated rings. The number of hydrogen-bond acceptors (Lipinski definition) is 6. The smallest absolute Gasteiger partial charge is 0.315 e. The fourth-order valence-corrected chi connectivity index (χ4v) is 4.81. The minimum absolute atomic E-state index is 0.0360. The third kappa shape index (κ3) is 3.90. The topological polar surface area (TPSA) is 83.1 Å². The van der Waals surface area contributed by atoms with Gasteiger partial charge in [0.25, 0.3) is 5.91 Å². The van der Waals surface area contributed by atoms with Crippen LogP contribution in [0.25, 0.3) is 11.1 Å². The normalized spacial score (nSPS) is 18.4. The molecule has 5 rings (SSSR count). The van der Waals surface area contributed by atoms with E-state index in [1.165, 1.54) is 0 Å². The Bertz CT molecular complexity index is 1080. The highest BCUT2D eigenvalue weighted by Gasteiger charge is 2.53. The number of esters is 1. The Morgan fingerprint density at radius 1 is 1.00 bits per heavy atom. The predicted octanol–water partition coefficient (Wildman–Crippen LogP) is 4.26. The average Bonchev–Trinajstić information content (AvgIpc) is 3.28. The van der Waals surface area contributed by atoms with Crippen molar-refractivity contribution < 1.29 is 28.5 Å². The van der Waals surface area contributed by atoms with Gasteiger partial charge in [0.2, 0.25) is 5.75 Å². The molecule has 2 aliphatic carbocycles. The molecule has 1 amide bonds. The van der Waals surface area contributed by atoms with E-state index in [2.05, 4.69) is 5.32 Å². The highest BCUT2D eigenvalue weighted by atomic mass is 16.6. The molecule has 3 aliphatic rings. The summed E-state index contributed by atoms with van der Waals surface area (Å²) in [6.07, 6.45) is 5.66. The largest absolute Gasteiger partial charge is 0.493 e. The second-order valence-electron chi connectivity index (χ2n) is 9.07. The number of rotatable bonds is 8. The van der Waals surface area contributed by atoms with Crippen molar-refractivity contribution in [3.05, 3.63) is 41.5 Å². The molecule has 2 saturated carbocycles. The van der Waals surface area contributed by atoms with Crippen molar-refractivity contribution in [2.24, 2.45) is 5.41 Å². The van der Waals surface area contributed by atoms with E-state index in [-0.39, 0.29) is 24.6 Å². The summed E-state index contributed by atoms with van der Waals surface area (Å²) in [6, 6.07) is 9.38. The van der Waals surface area contributed by atoms with Crippen LogP contribution in [0.15, 0.2) is 30.3 Å². The third-order valence-electron chi connectivity index (χ3n) is 6.99. The highest BCUT2D eigenvalue weighted by Crippen LogP contribution is 2.51. The van der Waals surface area contributed by atoms with Crippen LogP contribution in [0.3, 0.4) is 0 Å². The lowest BCUT2D eigenvalue weighted by atomic mass is 9.95. The third-order valence-corrected chi connectivity index (χ3v) is 6.99. The number of amides is 1. The summed E-state index contributed by atoms with van der Waals surface area (Å²) in [5.74, 6) is 1.26. The van der Waals surface area contributed by atoms with Gasteiger partial charge in [0.15, 0.2) is 11.5 Å². The molecule has 0 bridgehead atoms. The molecule has 174 valence electrons. The average molecular weight is 452 g/mol. The Morgan fingerprint density at radius 3 is 2.45 bits per heavy atom. The van der Waals surface area contributed by atoms with Gasteiger partial charge in [-0.2, -0.15) is 0 Å². The molecule has 0 unspecified atom stereocenters. The summed E-state index contributed by atoms with van der Waals surface area (Å²) >= 11 is 0. The van der Waals surface area contributed by atoms with Gasteiger partial charge in [-0.25, -0.2) is 0 Å². The molecule has 0 radical (unpaired) electrons. The molecule has 0 atom stereocenters. The molecule has 2 aromatic rings. The molecule has 1 N–H and O–H groups in total. The number of carbonyl (C=O) groups excluding carboxylic acids is 2. The summed E-state index contributed by atoms with van der Waals surface area (Å²) < 4.78 is 23.3. The second kappa shape index (κ2) is 8.61. The number of hydrogen-bond donors (Lipinski definition) is 1. The van der Waals surface area contributed by atoms with Crippen molar-refractivity contribution in [2.45, 2.75) is 51.2 Å². The maximum absolute atomic E-state index is 12.9. The SMILES string of the molecule is COc1ccc(-c2cccc3c2CNC3=O)c(OCC2(C(=O)OC3CCCC3)CC2)c1OC. The Labute approximate surface area is 193 Å². The number of nitrogens with one attached hydrogen (secondary N) is 1. The number of methoxy groups -OCH3 is 2. The zero-order chi connectivity index (χ0) is 23.0. The van der Waals surface area contributed by atoms with Crippen molar-refractivity contribution in [1.82, 2.24) is 5.32 Å². The Kier molecular flexibility index (Phi) is 5.64. The molecule has 0 spiro atoms. The fraction of sp³-hybridized carbons (Fsp3) is 0.462. The van der Waals surface area contributed by atoms with Gasteiger partial charge in [0.05, 0.1) is 14.2 Å². The van der Waals surface area contributed by atoms with Crippen LogP contribution >= 0.6 is 0 Å². The van der Waals surface area contributed by atoms with Crippen molar-refractivity contribution in [3.8, 4) is 28.4 Å². The lowest BCUT2D eigenvalue weighted by molar-refractivity contribution is -0.156. The van der Waals surface area contributed by atoms with E-state index in [9.17, 15) is 9.59 Å². The standard InChI is InChI=1S/C26H29NO6/c1-30-21-11-10-18(17-8-5-9-19-20(17)14-27-24(19)28)22(23(21)31-2)32-15-26(12-13-26)25(29)33-16-6-3-4-7-16/h5,8-11,16H,3-4,6-7,12-15H2,1-2H3,(H,27,28). The van der Waals surface area contributed by atoms with Crippen molar-refractivity contribution in [1.29, 1.82) is 0 Å². The molecule has 0 aromatic heterocycles. The number of fused-ring (bicyclic) bond motifs is 1. The maximum atomic E-state index is 12.9. The van der Waals surface area contributed by atoms with Crippen LogP contribution < -0.4 is 19.5 Å². The van der Waals surface area contributed by atoms with Gasteiger partial charge >= 0.3 is 5.97 Å². The summed E-state index contributed by atoms with van der Waals surface area (Å²) in [7, 11) is 3.14. The first-order valence-electron chi connectivity index (χ1n) is 11.6. The monoisotopic (exact) mass is 451 g/mol. The maximum Gasteiger partial charge on any atom is 0.315 e. The summed E-state index contributed by atoms with van der Waals surface area (Å²) in [5, 5.41) is 2.88. The van der Waals surface area contributed by atoms with Gasteiger partial charge < -0.3 is 24.3 Å². The van der Waals surface area contributed by atoms with E-state index >= 15 is 0 Å². The van der Waals surface area contributed by atoms with Gasteiger partial charge in [-0.05, 0) is 67.9 Å². The van der Waals surface area contributed by atoms with Gasteiger partial charge in [-0.15, -0.1) is 0 Å². The Balaban J connectivity index is 1.47. The van der Waals surface area contributed by atoms with E-state index in [0.29, 0.717) is 29.4 Å². The first-order valence-corrected chi connectivity index (χ1v) is 11.6. The Morgan fingerprint density at radius 2 is 1.76 bits per heavy atom. The number of ether oxygens (including phenoxy) is 4. The van der Waals surface area contributed by atoms with Gasteiger partial charge in [0, 0.05) is 17.7 Å². The molecular weight excluding hydrogens is 422 g/mol. The van der Waals surface area contributed by atoms with Crippen LogP contribution in [-0.4, -0.2) is 38.8 Å². The van der Waals surface area contributed by atoms with E-state index < -0.39 is 5.41 Å². The number of carbonyl (C=O) groups is 2. The van der Waals surface area contributed by atoms with Crippen LogP contribution in [0, 0.1) is 5.41 Å².